The summed E-state index contributed by atoms with van der Waals surface area (Å²) >= 11 is 0. The molecule has 4 rings (SSSR count). The SMILES string of the molecule is [2H]C([2H])([2H])Oc1ncc(-c2cc(C(F)(F)F)c3c(N)ncnn23)cc1C(=O)N[C@@H]1CNC[C@@H]1F. The summed E-state index contributed by atoms with van der Waals surface area (Å²) in [6, 6.07) is 0.927. The highest BCUT2D eigenvalue weighted by Crippen LogP contribution is 2.38. The van der Waals surface area contributed by atoms with E-state index in [9.17, 15) is 22.4 Å². The lowest BCUT2D eigenvalue weighted by Gasteiger charge is -2.15. The number of nitrogens with two attached hydrogens (primary N) is 1. The van der Waals surface area contributed by atoms with Crippen molar-refractivity contribution in [3.63, 3.8) is 0 Å². The van der Waals surface area contributed by atoms with Gasteiger partial charge in [-0.05, 0) is 12.1 Å². The Balaban J connectivity index is 1.84. The Morgan fingerprint density at radius 3 is 2.87 bits per heavy atom. The van der Waals surface area contributed by atoms with E-state index in [4.69, 9.17) is 14.6 Å². The summed E-state index contributed by atoms with van der Waals surface area (Å²) in [6.07, 6.45) is -4.22. The number of nitrogens with one attached hydrogen (secondary N) is 2. The molecule has 0 aromatic carbocycles. The molecule has 0 saturated carbocycles. The van der Waals surface area contributed by atoms with Gasteiger partial charge in [0.1, 0.15) is 23.6 Å². The monoisotopic (exact) mass is 442 g/mol. The van der Waals surface area contributed by atoms with Gasteiger partial charge in [-0.25, -0.2) is 18.9 Å². The molecule has 1 amide bonds. The van der Waals surface area contributed by atoms with E-state index in [2.05, 4.69) is 25.7 Å². The largest absolute Gasteiger partial charge is 0.480 e. The zero-order valence-corrected chi connectivity index (χ0v) is 15.6. The number of nitrogen functional groups attached to an aromatic ring is 1. The first-order valence-electron chi connectivity index (χ1n) is 10.4. The van der Waals surface area contributed by atoms with E-state index in [1.54, 1.807) is 0 Å². The van der Waals surface area contributed by atoms with Crippen LogP contribution in [0.25, 0.3) is 16.8 Å². The molecule has 31 heavy (non-hydrogen) atoms. The first-order chi connectivity index (χ1) is 15.8. The molecule has 1 saturated heterocycles. The van der Waals surface area contributed by atoms with Gasteiger partial charge in [0, 0.05) is 24.8 Å². The Kier molecular flexibility index (Phi) is 4.25. The normalized spacial score (nSPS) is 20.8. The number of hydrogen-bond acceptors (Lipinski definition) is 7. The van der Waals surface area contributed by atoms with Crippen LogP contribution >= 0.6 is 0 Å². The standard InChI is InChI=1S/C18H17F4N7O2/c1-31-17-9(16(30)28-12-6-24-5-11(12)19)2-8(4-25-17)13-3-10(18(20,21)22)14-15(23)26-7-27-29(13)14/h2-4,7,11-12,24H,5-6H2,1H3,(H,28,30)(H2,23,26,27)/t11-,12+/m0/s1/i1D3. The fourth-order valence-corrected chi connectivity index (χ4v) is 3.36. The van der Waals surface area contributed by atoms with Crippen LogP contribution in [0.4, 0.5) is 23.4 Å². The Morgan fingerprint density at radius 1 is 1.39 bits per heavy atom. The molecule has 3 aromatic rings. The van der Waals surface area contributed by atoms with E-state index in [-0.39, 0.29) is 24.3 Å². The highest BCUT2D eigenvalue weighted by atomic mass is 19.4. The number of fused-ring (bicyclic) bond motifs is 1. The van der Waals surface area contributed by atoms with Crippen LogP contribution < -0.4 is 21.1 Å². The molecule has 13 heteroatoms. The molecule has 3 aromatic heterocycles. The summed E-state index contributed by atoms with van der Waals surface area (Å²) in [7, 11) is -2.98. The molecular weight excluding hydrogens is 422 g/mol. The predicted molar refractivity (Wildman–Crippen MR) is 101 cm³/mol. The van der Waals surface area contributed by atoms with Crippen molar-refractivity contribution in [1.82, 2.24) is 30.2 Å². The van der Waals surface area contributed by atoms with Crippen LogP contribution in [0, 0.1) is 0 Å². The molecule has 1 aliphatic rings. The summed E-state index contributed by atoms with van der Waals surface area (Å²) in [4.78, 5) is 20.3. The molecule has 1 fully saturated rings. The van der Waals surface area contributed by atoms with Gasteiger partial charge in [0.15, 0.2) is 5.82 Å². The highest BCUT2D eigenvalue weighted by Gasteiger charge is 2.37. The second-order valence-corrected chi connectivity index (χ2v) is 6.78. The van der Waals surface area contributed by atoms with E-state index >= 15 is 0 Å². The number of alkyl halides is 4. The molecular formula is C18H17F4N7O2. The third-order valence-corrected chi connectivity index (χ3v) is 4.83. The number of pyridine rings is 1. The second kappa shape index (κ2) is 7.65. The number of amides is 1. The minimum absolute atomic E-state index is 0.0132. The van der Waals surface area contributed by atoms with Crippen LogP contribution in [-0.4, -0.2) is 57.8 Å². The molecule has 0 radical (unpaired) electrons. The van der Waals surface area contributed by atoms with Crippen LogP contribution in [0.3, 0.4) is 0 Å². The number of ether oxygens (including phenoxy) is 1. The predicted octanol–water partition coefficient (Wildman–Crippen LogP) is 1.44. The molecule has 0 unspecified atom stereocenters. The number of aromatic nitrogens is 4. The number of halogens is 4. The van der Waals surface area contributed by atoms with E-state index in [0.29, 0.717) is 0 Å². The van der Waals surface area contributed by atoms with E-state index < -0.39 is 59.7 Å². The number of hydrogen-bond donors (Lipinski definition) is 3. The Bertz CT molecular complexity index is 1250. The van der Waals surface area contributed by atoms with Crippen LogP contribution in [0.5, 0.6) is 5.88 Å². The van der Waals surface area contributed by atoms with Crippen molar-refractivity contribution in [2.24, 2.45) is 0 Å². The fraction of sp³-hybridized carbons (Fsp3) is 0.333. The molecule has 164 valence electrons. The van der Waals surface area contributed by atoms with E-state index in [1.807, 2.05) is 0 Å². The van der Waals surface area contributed by atoms with Gasteiger partial charge in [0.25, 0.3) is 5.91 Å². The number of nitrogens with zero attached hydrogens (tertiary/aromatic N) is 4. The van der Waals surface area contributed by atoms with Crippen molar-refractivity contribution < 1.29 is 31.2 Å². The van der Waals surface area contributed by atoms with Crippen molar-refractivity contribution in [2.45, 2.75) is 18.4 Å². The van der Waals surface area contributed by atoms with Crippen LogP contribution in [0.1, 0.15) is 20.0 Å². The van der Waals surface area contributed by atoms with Gasteiger partial charge in [-0.2, -0.15) is 18.3 Å². The average molecular weight is 442 g/mol. The van der Waals surface area contributed by atoms with E-state index in [1.165, 1.54) is 0 Å². The van der Waals surface area contributed by atoms with Gasteiger partial charge < -0.3 is 21.1 Å². The zero-order chi connectivity index (χ0) is 24.8. The van der Waals surface area contributed by atoms with Crippen molar-refractivity contribution in [2.75, 3.05) is 25.9 Å². The minimum Gasteiger partial charge on any atom is -0.480 e. The topological polar surface area (TPSA) is 119 Å². The van der Waals surface area contributed by atoms with Gasteiger partial charge in [0.05, 0.1) is 28.4 Å². The zero-order valence-electron chi connectivity index (χ0n) is 18.6. The highest BCUT2D eigenvalue weighted by molar-refractivity contribution is 5.98. The van der Waals surface area contributed by atoms with Gasteiger partial charge in [0.2, 0.25) is 5.88 Å². The second-order valence-electron chi connectivity index (χ2n) is 6.78. The van der Waals surface area contributed by atoms with Crippen molar-refractivity contribution in [1.29, 1.82) is 0 Å². The maximum atomic E-state index is 14.0. The molecule has 4 heterocycles. The maximum Gasteiger partial charge on any atom is 0.418 e. The lowest BCUT2D eigenvalue weighted by atomic mass is 10.1. The summed E-state index contributed by atoms with van der Waals surface area (Å²) in [5.41, 5.74) is 3.42. The number of carbonyl (C=O) groups excluding carboxylic acids is 1. The summed E-state index contributed by atoms with van der Waals surface area (Å²) in [5.74, 6) is -1.95. The Morgan fingerprint density at radius 2 is 2.19 bits per heavy atom. The first-order valence-corrected chi connectivity index (χ1v) is 8.89. The number of methoxy groups -OCH3 is 1. The lowest BCUT2D eigenvalue weighted by molar-refractivity contribution is -0.136. The lowest BCUT2D eigenvalue weighted by Crippen LogP contribution is -2.41. The molecule has 2 atom stereocenters. The maximum absolute atomic E-state index is 14.0. The quantitative estimate of drug-likeness (QED) is 0.523. The third-order valence-electron chi connectivity index (χ3n) is 4.83. The van der Waals surface area contributed by atoms with Crippen molar-refractivity contribution in [3.8, 4) is 17.1 Å². The number of rotatable bonds is 4. The van der Waals surface area contributed by atoms with Crippen molar-refractivity contribution >= 4 is 17.2 Å². The van der Waals surface area contributed by atoms with Crippen molar-refractivity contribution in [3.05, 3.63) is 35.8 Å². The van der Waals surface area contributed by atoms with Gasteiger partial charge in [-0.3, -0.25) is 4.79 Å². The Hall–Kier alpha value is -3.48. The Labute approximate surface area is 176 Å². The van der Waals surface area contributed by atoms with Gasteiger partial charge in [-0.1, -0.05) is 0 Å². The average Bonchev–Trinajstić information content (AvgIpc) is 3.31. The van der Waals surface area contributed by atoms with Gasteiger partial charge >= 0.3 is 6.18 Å². The number of anilines is 1. The van der Waals surface area contributed by atoms with Crippen LogP contribution in [0.15, 0.2) is 24.7 Å². The molecule has 0 aliphatic carbocycles. The smallest absolute Gasteiger partial charge is 0.418 e. The third kappa shape index (κ3) is 3.71. The van der Waals surface area contributed by atoms with E-state index in [0.717, 1.165) is 29.2 Å². The number of carbonyl (C=O) groups is 1. The fourth-order valence-electron chi connectivity index (χ4n) is 3.36. The summed E-state index contributed by atoms with van der Waals surface area (Å²) < 4.78 is 82.4. The molecule has 4 N–H and O–H groups in total. The van der Waals surface area contributed by atoms with Gasteiger partial charge in [-0.15, -0.1) is 0 Å². The molecule has 9 nitrogen and oxygen atoms in total. The molecule has 0 spiro atoms. The molecule has 1 aliphatic heterocycles. The van der Waals surface area contributed by atoms with Crippen LogP contribution in [-0.2, 0) is 6.18 Å². The van der Waals surface area contributed by atoms with Crippen LogP contribution in [0.2, 0.25) is 0 Å². The summed E-state index contributed by atoms with van der Waals surface area (Å²) in [5, 5.41) is 8.98. The first kappa shape index (κ1) is 17.2. The minimum atomic E-state index is -4.80. The molecule has 0 bridgehead atoms. The summed E-state index contributed by atoms with van der Waals surface area (Å²) in [6.45, 7) is 0.142.